The molecule has 2 heterocycles. The number of nitrogens with zero attached hydrogens (tertiary/aromatic N) is 1. The lowest BCUT2D eigenvalue weighted by atomic mass is 9.88. The Morgan fingerprint density at radius 2 is 2.19 bits per heavy atom. The fraction of sp³-hybridized carbons (Fsp3) is 0.316. The average Bonchev–Trinajstić information content (AvgIpc) is 3.23. The van der Waals surface area contributed by atoms with Gasteiger partial charge in [-0.2, -0.15) is 0 Å². The molecule has 0 radical (unpaired) electrons. The number of anilines is 1. The summed E-state index contributed by atoms with van der Waals surface area (Å²) in [6.45, 7) is 2.21. The molecular formula is C19H18N2O3S2. The van der Waals surface area contributed by atoms with Crippen LogP contribution in [0.5, 0.6) is 0 Å². The summed E-state index contributed by atoms with van der Waals surface area (Å²) in [6.07, 6.45) is 2.83. The minimum Gasteiger partial charge on any atom is -0.465 e. The number of ether oxygens (including phenoxy) is 1. The second-order valence-electron chi connectivity index (χ2n) is 6.54. The second-order valence-corrected chi connectivity index (χ2v) is 8.53. The number of benzene rings is 1. The van der Waals surface area contributed by atoms with Crippen LogP contribution in [0.3, 0.4) is 0 Å². The molecule has 0 bridgehead atoms. The van der Waals surface area contributed by atoms with Crippen molar-refractivity contribution in [2.75, 3.05) is 12.4 Å². The monoisotopic (exact) mass is 386 g/mol. The van der Waals surface area contributed by atoms with Gasteiger partial charge < -0.3 is 10.1 Å². The molecule has 1 aliphatic rings. The van der Waals surface area contributed by atoms with E-state index < -0.39 is 0 Å². The molecule has 5 nitrogen and oxygen atoms in total. The molecular weight excluding hydrogens is 368 g/mol. The van der Waals surface area contributed by atoms with E-state index in [-0.39, 0.29) is 11.9 Å². The molecule has 2 aromatic heterocycles. The predicted molar refractivity (Wildman–Crippen MR) is 104 cm³/mol. The van der Waals surface area contributed by atoms with E-state index in [0.717, 1.165) is 35.0 Å². The Bertz CT molecular complexity index is 1010. The molecule has 0 saturated carbocycles. The highest BCUT2D eigenvalue weighted by Gasteiger charge is 2.29. The Labute approximate surface area is 159 Å². The molecule has 26 heavy (non-hydrogen) atoms. The molecule has 1 aromatic carbocycles. The van der Waals surface area contributed by atoms with Crippen LogP contribution in [0, 0.1) is 5.92 Å². The van der Waals surface area contributed by atoms with Gasteiger partial charge in [0.05, 0.1) is 28.4 Å². The molecule has 134 valence electrons. The fourth-order valence-electron chi connectivity index (χ4n) is 3.33. The van der Waals surface area contributed by atoms with Gasteiger partial charge in [-0.05, 0) is 48.9 Å². The first-order valence-corrected chi connectivity index (χ1v) is 10.1. The summed E-state index contributed by atoms with van der Waals surface area (Å²) in [5, 5.41) is 3.52. The Hall–Kier alpha value is -2.25. The normalized spacial score (nSPS) is 16.3. The lowest BCUT2D eigenvalue weighted by Gasteiger charge is -2.18. The van der Waals surface area contributed by atoms with Crippen LogP contribution >= 0.6 is 22.7 Å². The summed E-state index contributed by atoms with van der Waals surface area (Å²) in [5.41, 5.74) is 4.75. The van der Waals surface area contributed by atoms with Crippen molar-refractivity contribution in [3.63, 3.8) is 0 Å². The number of fused-ring (bicyclic) bond motifs is 2. The standard InChI is InChI=1S/C19H18N2O3S2/c1-10-3-5-12-14(7-10)26-18(16(12)19(23)24-2)21-17(22)11-4-6-13-15(8-11)25-9-20-13/h4,6,8-10H,3,5,7H2,1-2H3,(H,21,22). The molecule has 0 saturated heterocycles. The van der Waals surface area contributed by atoms with E-state index in [9.17, 15) is 9.59 Å². The summed E-state index contributed by atoms with van der Waals surface area (Å²) < 4.78 is 5.94. The van der Waals surface area contributed by atoms with E-state index in [4.69, 9.17) is 4.74 Å². The van der Waals surface area contributed by atoms with Crippen molar-refractivity contribution in [3.8, 4) is 0 Å². The SMILES string of the molecule is COC(=O)c1c(NC(=O)c2ccc3ncsc3c2)sc2c1CCC(C)C2. The third-order valence-corrected chi connectivity index (χ3v) is 6.68. The summed E-state index contributed by atoms with van der Waals surface area (Å²) in [7, 11) is 1.38. The van der Waals surface area contributed by atoms with Gasteiger partial charge in [0, 0.05) is 10.4 Å². The summed E-state index contributed by atoms with van der Waals surface area (Å²) in [6, 6.07) is 5.42. The van der Waals surface area contributed by atoms with Crippen molar-refractivity contribution >= 4 is 49.8 Å². The van der Waals surface area contributed by atoms with Crippen LogP contribution < -0.4 is 5.32 Å². The minimum absolute atomic E-state index is 0.225. The molecule has 1 N–H and O–H groups in total. The number of esters is 1. The molecule has 1 amide bonds. The highest BCUT2D eigenvalue weighted by atomic mass is 32.1. The Morgan fingerprint density at radius 1 is 1.35 bits per heavy atom. The van der Waals surface area contributed by atoms with Gasteiger partial charge in [-0.15, -0.1) is 22.7 Å². The van der Waals surface area contributed by atoms with E-state index >= 15 is 0 Å². The largest absolute Gasteiger partial charge is 0.465 e. The maximum atomic E-state index is 12.7. The second kappa shape index (κ2) is 6.81. The quantitative estimate of drug-likeness (QED) is 0.672. The van der Waals surface area contributed by atoms with Crippen LogP contribution in [0.15, 0.2) is 23.7 Å². The number of thiazole rings is 1. The number of rotatable bonds is 3. The Balaban J connectivity index is 1.68. The smallest absolute Gasteiger partial charge is 0.341 e. The van der Waals surface area contributed by atoms with E-state index in [2.05, 4.69) is 17.2 Å². The van der Waals surface area contributed by atoms with Crippen LogP contribution in [-0.4, -0.2) is 24.0 Å². The highest BCUT2D eigenvalue weighted by molar-refractivity contribution is 7.17. The number of thiophene rings is 1. The van der Waals surface area contributed by atoms with Crippen molar-refractivity contribution in [1.29, 1.82) is 0 Å². The maximum Gasteiger partial charge on any atom is 0.341 e. The number of hydrogen-bond acceptors (Lipinski definition) is 6. The maximum absolute atomic E-state index is 12.7. The average molecular weight is 386 g/mol. The van der Waals surface area contributed by atoms with Gasteiger partial charge in [0.25, 0.3) is 5.91 Å². The van der Waals surface area contributed by atoms with E-state index in [1.165, 1.54) is 34.7 Å². The molecule has 3 aromatic rings. The minimum atomic E-state index is -0.384. The lowest BCUT2D eigenvalue weighted by Crippen LogP contribution is -2.16. The van der Waals surface area contributed by atoms with E-state index in [1.807, 2.05) is 12.1 Å². The van der Waals surface area contributed by atoms with Crippen molar-refractivity contribution < 1.29 is 14.3 Å². The number of nitrogens with one attached hydrogen (secondary N) is 1. The molecule has 1 unspecified atom stereocenters. The number of amides is 1. The Morgan fingerprint density at radius 3 is 3.00 bits per heavy atom. The molecule has 0 spiro atoms. The molecule has 7 heteroatoms. The van der Waals surface area contributed by atoms with Crippen molar-refractivity contribution in [2.45, 2.75) is 26.2 Å². The number of hydrogen-bond donors (Lipinski definition) is 1. The van der Waals surface area contributed by atoms with Gasteiger partial charge in [0.2, 0.25) is 0 Å². The lowest BCUT2D eigenvalue weighted by molar-refractivity contribution is 0.0601. The third-order valence-electron chi connectivity index (χ3n) is 4.72. The third kappa shape index (κ3) is 3.01. The van der Waals surface area contributed by atoms with Gasteiger partial charge >= 0.3 is 5.97 Å². The van der Waals surface area contributed by atoms with Crippen molar-refractivity contribution in [1.82, 2.24) is 4.98 Å². The number of carbonyl (C=O) groups is 2. The van der Waals surface area contributed by atoms with Crippen LogP contribution in [0.1, 0.15) is 44.5 Å². The van der Waals surface area contributed by atoms with Gasteiger partial charge in [-0.25, -0.2) is 9.78 Å². The molecule has 1 aliphatic carbocycles. The molecule has 0 fully saturated rings. The zero-order valence-corrected chi connectivity index (χ0v) is 16.1. The fourth-order valence-corrected chi connectivity index (χ4v) is 5.44. The molecule has 1 atom stereocenters. The van der Waals surface area contributed by atoms with Crippen molar-refractivity contribution in [2.24, 2.45) is 5.92 Å². The van der Waals surface area contributed by atoms with Crippen LogP contribution in [-0.2, 0) is 17.6 Å². The number of aromatic nitrogens is 1. The van der Waals surface area contributed by atoms with Crippen LogP contribution in [0.4, 0.5) is 5.00 Å². The van der Waals surface area contributed by atoms with Crippen LogP contribution in [0.2, 0.25) is 0 Å². The first kappa shape index (κ1) is 17.2. The summed E-state index contributed by atoms with van der Waals surface area (Å²) in [4.78, 5) is 30.5. The van der Waals surface area contributed by atoms with E-state index in [0.29, 0.717) is 22.0 Å². The zero-order valence-electron chi connectivity index (χ0n) is 14.5. The van der Waals surface area contributed by atoms with E-state index in [1.54, 1.807) is 11.6 Å². The van der Waals surface area contributed by atoms with Gasteiger partial charge in [0.15, 0.2) is 0 Å². The number of carbonyl (C=O) groups excluding carboxylic acids is 2. The first-order chi connectivity index (χ1) is 12.6. The predicted octanol–water partition coefficient (Wildman–Crippen LogP) is 4.52. The van der Waals surface area contributed by atoms with Gasteiger partial charge in [-0.3, -0.25) is 4.79 Å². The molecule has 0 aliphatic heterocycles. The first-order valence-electron chi connectivity index (χ1n) is 8.44. The number of methoxy groups -OCH3 is 1. The highest BCUT2D eigenvalue weighted by Crippen LogP contribution is 2.40. The zero-order chi connectivity index (χ0) is 18.3. The Kier molecular flexibility index (Phi) is 4.50. The molecule has 4 rings (SSSR count). The van der Waals surface area contributed by atoms with Crippen molar-refractivity contribution in [3.05, 3.63) is 45.3 Å². The van der Waals surface area contributed by atoms with Gasteiger partial charge in [-0.1, -0.05) is 6.92 Å². The van der Waals surface area contributed by atoms with Crippen LogP contribution in [0.25, 0.3) is 10.2 Å². The van der Waals surface area contributed by atoms with Gasteiger partial charge in [0.1, 0.15) is 5.00 Å². The topological polar surface area (TPSA) is 68.3 Å². The summed E-state index contributed by atoms with van der Waals surface area (Å²) >= 11 is 2.99. The summed E-state index contributed by atoms with van der Waals surface area (Å²) in [5.74, 6) is -0.0219.